The number of anilines is 1. The molecule has 1 N–H and O–H groups in total. The van der Waals surface area contributed by atoms with Crippen LogP contribution in [-0.2, 0) is 14.8 Å². The molecule has 0 aliphatic carbocycles. The van der Waals surface area contributed by atoms with E-state index >= 15 is 0 Å². The number of para-hydroxylation sites is 1. The lowest BCUT2D eigenvalue weighted by molar-refractivity contribution is -0.120. The summed E-state index contributed by atoms with van der Waals surface area (Å²) in [5.41, 5.74) is 1.28. The maximum atomic E-state index is 12.7. The Hall–Kier alpha value is -2.05. The van der Waals surface area contributed by atoms with E-state index in [1.54, 1.807) is 24.3 Å². The Kier molecular flexibility index (Phi) is 7.27. The van der Waals surface area contributed by atoms with Gasteiger partial charge in [-0.1, -0.05) is 67.9 Å². The molecule has 0 aliphatic rings. The van der Waals surface area contributed by atoms with Crippen molar-refractivity contribution in [3.63, 3.8) is 0 Å². The predicted octanol–water partition coefficient (Wildman–Crippen LogP) is 4.01. The van der Waals surface area contributed by atoms with Gasteiger partial charge >= 0.3 is 0 Å². The van der Waals surface area contributed by atoms with Crippen molar-refractivity contribution in [2.75, 3.05) is 17.1 Å². The van der Waals surface area contributed by atoms with Crippen molar-refractivity contribution in [1.29, 1.82) is 0 Å². The van der Waals surface area contributed by atoms with Crippen LogP contribution in [0, 0.1) is 5.92 Å². The molecule has 0 saturated heterocycles. The number of sulfonamides is 1. The first-order valence-corrected chi connectivity index (χ1v) is 11.0. The zero-order valence-electron chi connectivity index (χ0n) is 15.7. The van der Waals surface area contributed by atoms with Gasteiger partial charge in [0.05, 0.1) is 23.0 Å². The summed E-state index contributed by atoms with van der Waals surface area (Å²) < 4.78 is 25.5. The highest BCUT2D eigenvalue weighted by Gasteiger charge is 2.24. The molecule has 1 unspecified atom stereocenters. The lowest BCUT2D eigenvalue weighted by Crippen LogP contribution is -2.42. The predicted molar refractivity (Wildman–Crippen MR) is 110 cm³/mol. The lowest BCUT2D eigenvalue weighted by Gasteiger charge is -2.26. The first kappa shape index (κ1) is 21.3. The molecule has 27 heavy (non-hydrogen) atoms. The molecule has 7 heteroatoms. The maximum absolute atomic E-state index is 12.7. The fourth-order valence-corrected chi connectivity index (χ4v) is 4.00. The highest BCUT2D eigenvalue weighted by molar-refractivity contribution is 7.92. The molecular weight excluding hydrogens is 384 g/mol. The maximum Gasteiger partial charge on any atom is 0.241 e. The van der Waals surface area contributed by atoms with Crippen LogP contribution in [0.25, 0.3) is 0 Å². The summed E-state index contributed by atoms with van der Waals surface area (Å²) in [6.45, 7) is 3.83. The van der Waals surface area contributed by atoms with Crippen LogP contribution in [0.2, 0.25) is 5.02 Å². The molecule has 0 aliphatic heterocycles. The van der Waals surface area contributed by atoms with Crippen molar-refractivity contribution in [1.82, 2.24) is 5.32 Å². The number of benzene rings is 2. The molecule has 0 spiro atoms. The highest BCUT2D eigenvalue weighted by Crippen LogP contribution is 2.27. The smallest absolute Gasteiger partial charge is 0.241 e. The Bertz CT molecular complexity index is 870. The topological polar surface area (TPSA) is 66.5 Å². The summed E-state index contributed by atoms with van der Waals surface area (Å²) in [4.78, 5) is 12.7. The molecule has 2 aromatic rings. The van der Waals surface area contributed by atoms with Gasteiger partial charge in [0.2, 0.25) is 15.9 Å². The number of halogens is 1. The molecular formula is C20H25ClN2O3S. The van der Waals surface area contributed by atoms with Crippen molar-refractivity contribution in [3.05, 3.63) is 65.2 Å². The molecule has 0 saturated carbocycles. The van der Waals surface area contributed by atoms with E-state index in [1.165, 1.54) is 0 Å². The van der Waals surface area contributed by atoms with Crippen LogP contribution in [0.1, 0.15) is 31.9 Å². The monoisotopic (exact) mass is 408 g/mol. The van der Waals surface area contributed by atoms with E-state index in [0.29, 0.717) is 5.92 Å². The van der Waals surface area contributed by atoms with E-state index in [4.69, 9.17) is 11.6 Å². The van der Waals surface area contributed by atoms with Crippen LogP contribution in [0.4, 0.5) is 5.69 Å². The van der Waals surface area contributed by atoms with Crippen molar-refractivity contribution >= 4 is 33.2 Å². The third kappa shape index (κ3) is 6.26. The van der Waals surface area contributed by atoms with Crippen molar-refractivity contribution in [2.45, 2.75) is 26.3 Å². The van der Waals surface area contributed by atoms with Crippen LogP contribution >= 0.6 is 11.6 Å². The van der Waals surface area contributed by atoms with E-state index in [0.717, 1.165) is 22.5 Å². The van der Waals surface area contributed by atoms with Crippen LogP contribution < -0.4 is 9.62 Å². The summed E-state index contributed by atoms with van der Waals surface area (Å²) in [6, 6.07) is 16.0. The summed E-state index contributed by atoms with van der Waals surface area (Å²) in [5.74, 6) is -0.0140. The van der Waals surface area contributed by atoms with Crippen LogP contribution in [0.5, 0.6) is 0 Å². The number of nitrogens with zero attached hydrogens (tertiary/aromatic N) is 1. The van der Waals surface area contributed by atoms with Gasteiger partial charge in [0, 0.05) is 0 Å². The second kappa shape index (κ2) is 9.24. The summed E-state index contributed by atoms with van der Waals surface area (Å²) in [6.07, 6.45) is 1.81. The molecule has 1 atom stereocenters. The molecule has 2 aromatic carbocycles. The van der Waals surface area contributed by atoms with Gasteiger partial charge in [-0.05, 0) is 30.0 Å². The third-order valence-electron chi connectivity index (χ3n) is 4.05. The van der Waals surface area contributed by atoms with E-state index in [-0.39, 0.29) is 29.2 Å². The van der Waals surface area contributed by atoms with Gasteiger partial charge in [-0.15, -0.1) is 0 Å². The Balaban J connectivity index is 2.22. The van der Waals surface area contributed by atoms with Crippen LogP contribution in [0.15, 0.2) is 54.6 Å². The van der Waals surface area contributed by atoms with Crippen molar-refractivity contribution < 1.29 is 13.2 Å². The normalized spacial score (nSPS) is 12.6. The van der Waals surface area contributed by atoms with Crippen LogP contribution in [-0.4, -0.2) is 27.1 Å². The molecule has 0 radical (unpaired) electrons. The zero-order valence-corrected chi connectivity index (χ0v) is 17.3. The van der Waals surface area contributed by atoms with Gasteiger partial charge in [0.25, 0.3) is 0 Å². The fraction of sp³-hybridized carbons (Fsp3) is 0.350. The van der Waals surface area contributed by atoms with E-state index in [1.807, 2.05) is 30.3 Å². The Morgan fingerprint density at radius 1 is 1.07 bits per heavy atom. The quantitative estimate of drug-likeness (QED) is 0.717. The average molecular weight is 409 g/mol. The highest BCUT2D eigenvalue weighted by atomic mass is 35.5. The van der Waals surface area contributed by atoms with E-state index in [9.17, 15) is 13.2 Å². The first-order valence-electron chi connectivity index (χ1n) is 8.75. The molecule has 5 nitrogen and oxygen atoms in total. The minimum atomic E-state index is -3.67. The largest absolute Gasteiger partial charge is 0.348 e. The minimum absolute atomic E-state index is 0.189. The number of rotatable bonds is 8. The van der Waals surface area contributed by atoms with Crippen molar-refractivity contribution in [2.24, 2.45) is 5.92 Å². The molecule has 2 rings (SSSR count). The summed E-state index contributed by atoms with van der Waals surface area (Å²) in [7, 11) is -3.67. The van der Waals surface area contributed by atoms with Gasteiger partial charge in [-0.3, -0.25) is 9.10 Å². The third-order valence-corrected chi connectivity index (χ3v) is 5.50. The Labute approximate surface area is 166 Å². The number of carbonyl (C=O) groups excluding carboxylic acids is 1. The number of amides is 1. The Morgan fingerprint density at radius 3 is 2.22 bits per heavy atom. The molecule has 1 amide bonds. The van der Waals surface area contributed by atoms with Crippen LogP contribution in [0.3, 0.4) is 0 Å². The summed E-state index contributed by atoms with van der Waals surface area (Å²) in [5, 5.41) is 3.24. The number of carbonyl (C=O) groups is 1. The van der Waals surface area contributed by atoms with E-state index in [2.05, 4.69) is 19.2 Å². The second-order valence-corrected chi connectivity index (χ2v) is 9.20. The van der Waals surface area contributed by atoms with Gasteiger partial charge in [0.1, 0.15) is 6.54 Å². The van der Waals surface area contributed by atoms with E-state index < -0.39 is 10.0 Å². The number of hydrogen-bond acceptors (Lipinski definition) is 3. The molecule has 0 fully saturated rings. The standard InChI is InChI=1S/C20H25ClN2O3S/c1-15(2)13-18(16-9-5-4-6-10-16)22-20(24)14-23(27(3,25)26)19-12-8-7-11-17(19)21/h4-12,15,18H,13-14H2,1-3H3,(H,22,24). The molecule has 0 bridgehead atoms. The second-order valence-electron chi connectivity index (χ2n) is 6.88. The average Bonchev–Trinajstić information content (AvgIpc) is 2.59. The van der Waals surface area contributed by atoms with Gasteiger partial charge in [-0.25, -0.2) is 8.42 Å². The summed E-state index contributed by atoms with van der Waals surface area (Å²) >= 11 is 6.14. The molecule has 0 aromatic heterocycles. The van der Waals surface area contributed by atoms with Crippen molar-refractivity contribution in [3.8, 4) is 0 Å². The van der Waals surface area contributed by atoms with Gasteiger partial charge < -0.3 is 5.32 Å². The SMILES string of the molecule is CC(C)CC(NC(=O)CN(c1ccccc1Cl)S(C)(=O)=O)c1ccccc1. The zero-order chi connectivity index (χ0) is 20.0. The minimum Gasteiger partial charge on any atom is -0.348 e. The fourth-order valence-electron chi connectivity index (χ4n) is 2.84. The molecule has 0 heterocycles. The lowest BCUT2D eigenvalue weighted by atomic mass is 9.97. The number of hydrogen-bond donors (Lipinski definition) is 1. The Morgan fingerprint density at radius 2 is 1.67 bits per heavy atom. The molecule has 146 valence electrons. The van der Waals surface area contributed by atoms with Gasteiger partial charge in [0.15, 0.2) is 0 Å². The number of nitrogens with one attached hydrogen (secondary N) is 1. The van der Waals surface area contributed by atoms with Gasteiger partial charge in [-0.2, -0.15) is 0 Å². The first-order chi connectivity index (χ1) is 12.7.